The fraction of sp³-hybridized carbons (Fsp3) is 0.625. The fourth-order valence-electron chi connectivity index (χ4n) is 2.94. The molecule has 0 aromatic heterocycles. The summed E-state index contributed by atoms with van der Waals surface area (Å²) in [5.74, 6) is 0. The quantitative estimate of drug-likeness (QED) is 0.905. The van der Waals surface area contributed by atoms with Crippen LogP contribution in [0.25, 0.3) is 0 Å². The smallest absolute Gasteiger partial charge is 0.394 e. The van der Waals surface area contributed by atoms with Crippen LogP contribution in [0, 0.1) is 0 Å². The first-order chi connectivity index (χ1) is 10.5. The lowest BCUT2D eigenvalue weighted by molar-refractivity contribution is -0.137. The van der Waals surface area contributed by atoms with Gasteiger partial charge >= 0.3 is 6.18 Å². The van der Waals surface area contributed by atoms with Crippen molar-refractivity contribution in [3.8, 4) is 0 Å². The van der Waals surface area contributed by atoms with Crippen molar-refractivity contribution in [3.05, 3.63) is 35.4 Å². The molecule has 1 heterocycles. The molecule has 124 valence electrons. The highest BCUT2D eigenvalue weighted by atomic mass is 19.4. The van der Waals surface area contributed by atoms with Gasteiger partial charge in [0.1, 0.15) is 0 Å². The SMILES string of the molecule is CCCN1CCN(C(CO)c2ccc(C(F)(F)F)cc2)CC1. The summed E-state index contributed by atoms with van der Waals surface area (Å²) in [7, 11) is 0. The Balaban J connectivity index is 2.03. The summed E-state index contributed by atoms with van der Waals surface area (Å²) in [6.07, 6.45) is -3.21. The lowest BCUT2D eigenvalue weighted by atomic mass is 10.0. The van der Waals surface area contributed by atoms with Gasteiger partial charge in [-0.25, -0.2) is 0 Å². The molecular weight excluding hydrogens is 293 g/mol. The van der Waals surface area contributed by atoms with Crippen LogP contribution in [0.3, 0.4) is 0 Å². The molecule has 1 saturated heterocycles. The Kier molecular flexibility index (Phi) is 5.83. The van der Waals surface area contributed by atoms with Gasteiger partial charge in [-0.3, -0.25) is 4.90 Å². The van der Waals surface area contributed by atoms with Crippen LogP contribution in [0.4, 0.5) is 13.2 Å². The molecule has 1 aliphatic rings. The second-order valence-electron chi connectivity index (χ2n) is 5.70. The summed E-state index contributed by atoms with van der Waals surface area (Å²) in [6.45, 7) is 6.65. The molecule has 1 N–H and O–H groups in total. The molecular formula is C16H23F3N2O. The molecule has 0 radical (unpaired) electrons. The van der Waals surface area contributed by atoms with Crippen molar-refractivity contribution in [2.75, 3.05) is 39.3 Å². The largest absolute Gasteiger partial charge is 0.416 e. The standard InChI is InChI=1S/C16H23F3N2O/c1-2-7-20-8-10-21(11-9-20)15(12-22)13-3-5-14(6-4-13)16(17,18)19/h3-6,15,22H,2,7-12H2,1H3. The molecule has 0 aliphatic carbocycles. The molecule has 0 amide bonds. The van der Waals surface area contributed by atoms with Crippen molar-refractivity contribution in [1.29, 1.82) is 0 Å². The lowest BCUT2D eigenvalue weighted by Crippen LogP contribution is -2.48. The number of hydrogen-bond donors (Lipinski definition) is 1. The van der Waals surface area contributed by atoms with Gasteiger partial charge in [0.25, 0.3) is 0 Å². The number of halogens is 3. The Labute approximate surface area is 129 Å². The molecule has 1 aliphatic heterocycles. The van der Waals surface area contributed by atoms with E-state index in [1.54, 1.807) is 0 Å². The third kappa shape index (κ3) is 4.21. The van der Waals surface area contributed by atoms with Crippen LogP contribution in [0.2, 0.25) is 0 Å². The van der Waals surface area contributed by atoms with Gasteiger partial charge in [0, 0.05) is 26.2 Å². The van der Waals surface area contributed by atoms with E-state index < -0.39 is 11.7 Å². The summed E-state index contributed by atoms with van der Waals surface area (Å²) in [5, 5.41) is 9.65. The number of alkyl halides is 3. The highest BCUT2D eigenvalue weighted by Gasteiger charge is 2.31. The molecule has 1 aromatic rings. The van der Waals surface area contributed by atoms with Crippen molar-refractivity contribution in [3.63, 3.8) is 0 Å². The third-order valence-electron chi connectivity index (χ3n) is 4.18. The molecule has 3 nitrogen and oxygen atoms in total. The van der Waals surface area contributed by atoms with Gasteiger partial charge in [0.2, 0.25) is 0 Å². The Morgan fingerprint density at radius 2 is 1.68 bits per heavy atom. The second-order valence-corrected chi connectivity index (χ2v) is 5.70. The van der Waals surface area contributed by atoms with Crippen LogP contribution in [0.15, 0.2) is 24.3 Å². The van der Waals surface area contributed by atoms with E-state index in [0.717, 1.165) is 56.8 Å². The number of rotatable bonds is 5. The van der Waals surface area contributed by atoms with Crippen LogP contribution in [0.1, 0.15) is 30.5 Å². The minimum Gasteiger partial charge on any atom is -0.394 e. The molecule has 6 heteroatoms. The maximum atomic E-state index is 12.6. The lowest BCUT2D eigenvalue weighted by Gasteiger charge is -2.38. The molecule has 0 saturated carbocycles. The minimum absolute atomic E-state index is 0.0842. The van der Waals surface area contributed by atoms with Gasteiger partial charge in [-0.1, -0.05) is 19.1 Å². The van der Waals surface area contributed by atoms with Gasteiger partial charge in [0.15, 0.2) is 0 Å². The second kappa shape index (κ2) is 7.44. The van der Waals surface area contributed by atoms with Crippen LogP contribution in [-0.4, -0.2) is 54.2 Å². The van der Waals surface area contributed by atoms with Crippen LogP contribution >= 0.6 is 0 Å². The van der Waals surface area contributed by atoms with Crippen molar-refractivity contribution < 1.29 is 18.3 Å². The molecule has 0 bridgehead atoms. The number of piperazine rings is 1. The highest BCUT2D eigenvalue weighted by molar-refractivity contribution is 5.27. The summed E-state index contributed by atoms with van der Waals surface area (Å²) in [4.78, 5) is 4.52. The van der Waals surface area contributed by atoms with Crippen molar-refractivity contribution in [2.45, 2.75) is 25.6 Å². The van der Waals surface area contributed by atoms with Crippen molar-refractivity contribution >= 4 is 0 Å². The number of hydrogen-bond acceptors (Lipinski definition) is 3. The van der Waals surface area contributed by atoms with Gasteiger partial charge < -0.3 is 10.0 Å². The maximum absolute atomic E-state index is 12.6. The molecule has 1 atom stereocenters. The van der Waals surface area contributed by atoms with E-state index >= 15 is 0 Å². The van der Waals surface area contributed by atoms with Gasteiger partial charge in [0.05, 0.1) is 18.2 Å². The van der Waals surface area contributed by atoms with E-state index in [1.807, 2.05) is 0 Å². The first kappa shape index (κ1) is 17.2. The fourth-order valence-corrected chi connectivity index (χ4v) is 2.94. The molecule has 1 unspecified atom stereocenters. The van der Waals surface area contributed by atoms with E-state index in [2.05, 4.69) is 16.7 Å². The van der Waals surface area contributed by atoms with E-state index in [-0.39, 0.29) is 12.6 Å². The summed E-state index contributed by atoms with van der Waals surface area (Å²) in [6, 6.07) is 4.90. The first-order valence-corrected chi connectivity index (χ1v) is 7.70. The van der Waals surface area contributed by atoms with Crippen molar-refractivity contribution in [1.82, 2.24) is 9.80 Å². The molecule has 1 aromatic carbocycles. The summed E-state index contributed by atoms with van der Waals surface area (Å²) >= 11 is 0. The number of nitrogens with zero attached hydrogens (tertiary/aromatic N) is 2. The monoisotopic (exact) mass is 316 g/mol. The van der Waals surface area contributed by atoms with Gasteiger partial charge in [-0.15, -0.1) is 0 Å². The Bertz CT molecular complexity index is 453. The zero-order valence-electron chi connectivity index (χ0n) is 12.8. The Hall–Kier alpha value is -1.11. The average molecular weight is 316 g/mol. The van der Waals surface area contributed by atoms with E-state index in [1.165, 1.54) is 12.1 Å². The normalized spacial score (nSPS) is 19.3. The van der Waals surface area contributed by atoms with Gasteiger partial charge in [-0.2, -0.15) is 13.2 Å². The molecule has 2 rings (SSSR count). The van der Waals surface area contributed by atoms with Gasteiger partial charge in [-0.05, 0) is 30.7 Å². The highest BCUT2D eigenvalue weighted by Crippen LogP contribution is 2.31. The average Bonchev–Trinajstić information content (AvgIpc) is 2.50. The molecule has 22 heavy (non-hydrogen) atoms. The predicted octanol–water partition coefficient (Wildman–Crippen LogP) is 2.77. The first-order valence-electron chi connectivity index (χ1n) is 7.70. The Morgan fingerprint density at radius 1 is 1.09 bits per heavy atom. The van der Waals surface area contributed by atoms with Crippen LogP contribution in [0.5, 0.6) is 0 Å². The maximum Gasteiger partial charge on any atom is 0.416 e. The third-order valence-corrected chi connectivity index (χ3v) is 4.18. The zero-order chi connectivity index (χ0) is 16.2. The van der Waals surface area contributed by atoms with Crippen molar-refractivity contribution in [2.24, 2.45) is 0 Å². The predicted molar refractivity (Wildman–Crippen MR) is 79.6 cm³/mol. The van der Waals surface area contributed by atoms with Crippen LogP contribution in [-0.2, 0) is 6.18 Å². The summed E-state index contributed by atoms with van der Waals surface area (Å²) in [5.41, 5.74) is 0.0835. The Morgan fingerprint density at radius 3 is 2.14 bits per heavy atom. The number of aliphatic hydroxyl groups excluding tert-OH is 1. The van der Waals surface area contributed by atoms with E-state index in [0.29, 0.717) is 0 Å². The van der Waals surface area contributed by atoms with Crippen LogP contribution < -0.4 is 0 Å². The van der Waals surface area contributed by atoms with E-state index in [9.17, 15) is 18.3 Å². The zero-order valence-corrected chi connectivity index (χ0v) is 12.8. The number of benzene rings is 1. The number of aliphatic hydroxyl groups is 1. The minimum atomic E-state index is -4.32. The van der Waals surface area contributed by atoms with E-state index in [4.69, 9.17) is 0 Å². The molecule has 0 spiro atoms. The molecule has 1 fully saturated rings. The topological polar surface area (TPSA) is 26.7 Å². The summed E-state index contributed by atoms with van der Waals surface area (Å²) < 4.78 is 37.8.